The molecule has 0 unspecified atom stereocenters. The summed E-state index contributed by atoms with van der Waals surface area (Å²) in [6, 6.07) is 0. The first-order valence-corrected chi connectivity index (χ1v) is 2.59. The van der Waals surface area contributed by atoms with Crippen LogP contribution in [0.2, 0.25) is 0 Å². The number of carbonyl (C=O) groups is 1. The lowest BCUT2D eigenvalue weighted by atomic mass is 10.6. The van der Waals surface area contributed by atoms with Gasteiger partial charge >= 0.3 is 0 Å². The smallest absolute Gasteiger partial charge is 0.199 e. The molecule has 0 amide bonds. The maximum absolute atomic E-state index is 12.0. The van der Waals surface area contributed by atoms with Gasteiger partial charge in [-0.1, -0.05) is 11.6 Å². The molecule has 0 atom stereocenters. The topological polar surface area (TPSA) is 29.4 Å². The van der Waals surface area contributed by atoms with Gasteiger partial charge in [-0.05, 0) is 6.92 Å². The molecule has 0 bridgehead atoms. The van der Waals surface area contributed by atoms with Gasteiger partial charge in [0.15, 0.2) is 17.3 Å². The van der Waals surface area contributed by atoms with Crippen molar-refractivity contribution in [2.75, 3.05) is 0 Å². The average Bonchev–Trinajstić information content (AvgIpc) is 1.87. The van der Waals surface area contributed by atoms with Gasteiger partial charge in [0.25, 0.3) is 0 Å². The quantitative estimate of drug-likeness (QED) is 0.254. The highest BCUT2D eigenvalue weighted by molar-refractivity contribution is 6.31. The van der Waals surface area contributed by atoms with Crippen LogP contribution in [0.3, 0.4) is 0 Å². The van der Waals surface area contributed by atoms with E-state index in [-0.39, 0.29) is 6.29 Å². The van der Waals surface area contributed by atoms with E-state index in [2.05, 4.69) is 4.99 Å². The van der Waals surface area contributed by atoms with Crippen molar-refractivity contribution in [3.8, 4) is 0 Å². The number of allylic oxidation sites excluding steroid dienone is 1. The molecule has 0 radical (unpaired) electrons. The fraction of sp³-hybridized carbons (Fsp3) is 0.200. The van der Waals surface area contributed by atoms with Gasteiger partial charge in [0.1, 0.15) is 0 Å². The molecule has 0 saturated carbocycles. The van der Waals surface area contributed by atoms with Crippen molar-refractivity contribution in [2.24, 2.45) is 4.99 Å². The van der Waals surface area contributed by atoms with Gasteiger partial charge in [-0.2, -0.15) is 4.39 Å². The second-order valence-electron chi connectivity index (χ2n) is 1.14. The van der Waals surface area contributed by atoms with E-state index in [1.165, 1.54) is 6.21 Å². The van der Waals surface area contributed by atoms with Crippen molar-refractivity contribution < 1.29 is 9.18 Å². The maximum atomic E-state index is 12.0. The number of halogens is 2. The number of hydrogen-bond donors (Lipinski definition) is 0. The molecule has 0 aliphatic heterocycles. The molecule has 50 valence electrons. The zero-order valence-corrected chi connectivity index (χ0v) is 5.52. The average molecular weight is 150 g/mol. The van der Waals surface area contributed by atoms with E-state index in [0.717, 1.165) is 0 Å². The van der Waals surface area contributed by atoms with Gasteiger partial charge < -0.3 is 0 Å². The van der Waals surface area contributed by atoms with E-state index >= 15 is 0 Å². The lowest BCUT2D eigenvalue weighted by Crippen LogP contribution is -1.76. The predicted molar refractivity (Wildman–Crippen MR) is 34.2 cm³/mol. The van der Waals surface area contributed by atoms with Crippen LogP contribution in [0.4, 0.5) is 4.39 Å². The van der Waals surface area contributed by atoms with Crippen molar-refractivity contribution in [1.29, 1.82) is 0 Å². The minimum atomic E-state index is -1.05. The van der Waals surface area contributed by atoms with Crippen LogP contribution < -0.4 is 0 Å². The van der Waals surface area contributed by atoms with E-state index in [9.17, 15) is 9.18 Å². The molecule has 0 rings (SSSR count). The molecule has 0 aromatic carbocycles. The minimum absolute atomic E-state index is 0.00926. The van der Waals surface area contributed by atoms with Gasteiger partial charge in [-0.3, -0.25) is 4.79 Å². The van der Waals surface area contributed by atoms with Crippen molar-refractivity contribution in [2.45, 2.75) is 6.92 Å². The van der Waals surface area contributed by atoms with Crippen molar-refractivity contribution in [3.05, 3.63) is 11.0 Å². The Hall–Kier alpha value is -0.700. The van der Waals surface area contributed by atoms with Crippen LogP contribution in [0.5, 0.6) is 0 Å². The zero-order valence-electron chi connectivity index (χ0n) is 4.77. The number of aliphatic imine (C=N–C) groups is 1. The third-order valence-corrected chi connectivity index (χ3v) is 0.821. The standard InChI is InChI=1S/C5H5ClFNO/c1-2-8-5(6)4(7)3-9/h2-3H,1H3/b5-4+,8-2?. The molecule has 0 fully saturated rings. The highest BCUT2D eigenvalue weighted by Gasteiger charge is 1.96. The van der Waals surface area contributed by atoms with E-state index in [0.29, 0.717) is 0 Å². The second kappa shape index (κ2) is 4.21. The first kappa shape index (κ1) is 8.30. The number of carbonyl (C=O) groups excluding carboxylic acids is 1. The van der Waals surface area contributed by atoms with E-state index in [1.807, 2.05) is 0 Å². The SMILES string of the molecule is CC=N/C(Cl)=C(/F)C=O. The zero-order chi connectivity index (χ0) is 7.28. The molecule has 2 nitrogen and oxygen atoms in total. The second-order valence-corrected chi connectivity index (χ2v) is 1.50. The number of aldehydes is 1. The Bertz CT molecular complexity index is 164. The molecular weight excluding hydrogens is 145 g/mol. The summed E-state index contributed by atoms with van der Waals surface area (Å²) < 4.78 is 12.0. The summed E-state index contributed by atoms with van der Waals surface area (Å²) in [6.07, 6.45) is 1.31. The van der Waals surface area contributed by atoms with Crippen molar-refractivity contribution in [1.82, 2.24) is 0 Å². The minimum Gasteiger partial charge on any atom is -0.295 e. The fourth-order valence-electron chi connectivity index (χ4n) is 0.224. The Morgan fingerprint density at radius 3 is 2.67 bits per heavy atom. The van der Waals surface area contributed by atoms with E-state index in [4.69, 9.17) is 11.6 Å². The van der Waals surface area contributed by atoms with Crippen LogP contribution in [0.1, 0.15) is 6.92 Å². The van der Waals surface area contributed by atoms with Crippen LogP contribution in [-0.4, -0.2) is 12.5 Å². The molecule has 0 N–H and O–H groups in total. The largest absolute Gasteiger partial charge is 0.295 e. The van der Waals surface area contributed by atoms with Crippen molar-refractivity contribution >= 4 is 24.1 Å². The van der Waals surface area contributed by atoms with Crippen LogP contribution >= 0.6 is 11.6 Å². The predicted octanol–water partition coefficient (Wildman–Crippen LogP) is 1.65. The van der Waals surface area contributed by atoms with E-state index < -0.39 is 11.0 Å². The van der Waals surface area contributed by atoms with E-state index in [1.54, 1.807) is 6.92 Å². The van der Waals surface area contributed by atoms with Gasteiger partial charge in [0.05, 0.1) is 0 Å². The first-order chi connectivity index (χ1) is 4.22. The van der Waals surface area contributed by atoms with Gasteiger partial charge in [-0.15, -0.1) is 0 Å². The molecule has 0 spiro atoms. The van der Waals surface area contributed by atoms with Crippen LogP contribution in [0.25, 0.3) is 0 Å². The Kier molecular flexibility index (Phi) is 3.88. The summed E-state index contributed by atoms with van der Waals surface area (Å²) in [5.74, 6) is -1.05. The van der Waals surface area contributed by atoms with Gasteiger partial charge in [0, 0.05) is 6.21 Å². The molecule has 0 heterocycles. The van der Waals surface area contributed by atoms with Gasteiger partial charge in [0.2, 0.25) is 0 Å². The van der Waals surface area contributed by atoms with Crippen LogP contribution in [-0.2, 0) is 4.79 Å². The molecular formula is C5H5ClFNO. The van der Waals surface area contributed by atoms with Gasteiger partial charge in [-0.25, -0.2) is 4.99 Å². The molecule has 0 aliphatic carbocycles. The maximum Gasteiger partial charge on any atom is 0.199 e. The molecule has 4 heteroatoms. The third-order valence-electron chi connectivity index (χ3n) is 0.543. The fourth-order valence-corrected chi connectivity index (χ4v) is 0.366. The summed E-state index contributed by atoms with van der Waals surface area (Å²) >= 11 is 5.11. The summed E-state index contributed by atoms with van der Waals surface area (Å²) in [5, 5.41) is -0.410. The summed E-state index contributed by atoms with van der Waals surface area (Å²) in [4.78, 5) is 12.9. The highest BCUT2D eigenvalue weighted by atomic mass is 35.5. The van der Waals surface area contributed by atoms with Crippen molar-refractivity contribution in [3.63, 3.8) is 0 Å². The molecule has 0 aromatic heterocycles. The van der Waals surface area contributed by atoms with Crippen LogP contribution in [0, 0.1) is 0 Å². The summed E-state index contributed by atoms with van der Waals surface area (Å²) in [7, 11) is 0. The Balaban J connectivity index is 4.27. The normalized spacial score (nSPS) is 13.7. The highest BCUT2D eigenvalue weighted by Crippen LogP contribution is 2.08. The number of rotatable bonds is 2. The lowest BCUT2D eigenvalue weighted by Gasteiger charge is -1.83. The Labute approximate surface area is 57.0 Å². The molecule has 0 aliphatic rings. The van der Waals surface area contributed by atoms with Crippen LogP contribution in [0.15, 0.2) is 16.0 Å². The molecule has 0 saturated heterocycles. The summed E-state index contributed by atoms with van der Waals surface area (Å²) in [6.45, 7) is 1.57. The summed E-state index contributed by atoms with van der Waals surface area (Å²) in [5.41, 5.74) is 0. The Morgan fingerprint density at radius 1 is 1.78 bits per heavy atom. The lowest BCUT2D eigenvalue weighted by molar-refractivity contribution is -0.106. The third kappa shape index (κ3) is 2.98. The number of hydrogen-bond acceptors (Lipinski definition) is 2. The molecule has 0 aromatic rings. The number of nitrogens with zero attached hydrogens (tertiary/aromatic N) is 1. The molecule has 9 heavy (non-hydrogen) atoms. The Morgan fingerprint density at radius 2 is 2.33 bits per heavy atom. The monoisotopic (exact) mass is 149 g/mol. The first-order valence-electron chi connectivity index (χ1n) is 2.21.